The zero-order valence-corrected chi connectivity index (χ0v) is 5.63. The third-order valence-corrected chi connectivity index (χ3v) is 0.774. The summed E-state index contributed by atoms with van der Waals surface area (Å²) in [7, 11) is 0. The van der Waals surface area contributed by atoms with Crippen LogP contribution in [0.2, 0.25) is 0 Å². The predicted octanol–water partition coefficient (Wildman–Crippen LogP) is 1.09. The number of aliphatic hydroxyl groups is 1. The molecule has 0 amide bonds. The molecule has 2 nitrogen and oxygen atoms in total. The molecule has 0 saturated carbocycles. The molecule has 0 bridgehead atoms. The molecule has 0 saturated heterocycles. The van der Waals surface area contributed by atoms with E-state index in [1.807, 2.05) is 6.92 Å². The van der Waals surface area contributed by atoms with Gasteiger partial charge in [-0.1, -0.05) is 12.7 Å². The smallest absolute Gasteiger partial charge is 0.111 e. The summed E-state index contributed by atoms with van der Waals surface area (Å²) in [6, 6.07) is 0. The molecule has 0 aromatic rings. The quantitative estimate of drug-likeness (QED) is 0.453. The fourth-order valence-corrected chi connectivity index (χ4v) is 0.421. The molecule has 0 aliphatic rings. The molecule has 0 aromatic heterocycles. The lowest BCUT2D eigenvalue weighted by atomic mass is 10.5. The number of ether oxygens (including phenoxy) is 1. The van der Waals surface area contributed by atoms with Gasteiger partial charge in [0.1, 0.15) is 6.61 Å². The van der Waals surface area contributed by atoms with Gasteiger partial charge in [-0.3, -0.25) is 0 Å². The van der Waals surface area contributed by atoms with Crippen LogP contribution in [0.15, 0.2) is 24.5 Å². The van der Waals surface area contributed by atoms with Gasteiger partial charge in [0, 0.05) is 0 Å². The summed E-state index contributed by atoms with van der Waals surface area (Å²) in [5.74, 6) is 0.777. The standard InChI is InChI=1S/C7H12O2/c1-3-4-7(2)9-6-5-8/h3-4,8H,1,5-6H2,2H3/b7-4+. The molecule has 2 heteroatoms. The van der Waals surface area contributed by atoms with Crippen LogP contribution < -0.4 is 0 Å². The van der Waals surface area contributed by atoms with Crippen molar-refractivity contribution in [3.63, 3.8) is 0 Å². The highest BCUT2D eigenvalue weighted by Gasteiger charge is 1.83. The highest BCUT2D eigenvalue weighted by molar-refractivity contribution is 5.01. The first-order chi connectivity index (χ1) is 4.31. The van der Waals surface area contributed by atoms with Crippen molar-refractivity contribution in [3.8, 4) is 0 Å². The van der Waals surface area contributed by atoms with Crippen molar-refractivity contribution in [1.82, 2.24) is 0 Å². The highest BCUT2D eigenvalue weighted by atomic mass is 16.5. The Labute approximate surface area is 55.5 Å². The fourth-order valence-electron chi connectivity index (χ4n) is 0.421. The molecule has 0 spiro atoms. The second kappa shape index (κ2) is 5.38. The van der Waals surface area contributed by atoms with Gasteiger partial charge in [-0.15, -0.1) is 0 Å². The summed E-state index contributed by atoms with van der Waals surface area (Å²) in [5.41, 5.74) is 0. The second-order valence-corrected chi connectivity index (χ2v) is 1.59. The van der Waals surface area contributed by atoms with Crippen molar-refractivity contribution in [2.45, 2.75) is 6.92 Å². The minimum atomic E-state index is 0.0579. The third kappa shape index (κ3) is 5.11. The maximum atomic E-state index is 8.31. The maximum absolute atomic E-state index is 8.31. The van der Waals surface area contributed by atoms with Gasteiger partial charge >= 0.3 is 0 Å². The largest absolute Gasteiger partial charge is 0.496 e. The molecule has 0 aliphatic heterocycles. The van der Waals surface area contributed by atoms with Crippen LogP contribution in [0.25, 0.3) is 0 Å². The number of rotatable bonds is 4. The third-order valence-electron chi connectivity index (χ3n) is 0.774. The van der Waals surface area contributed by atoms with Crippen molar-refractivity contribution < 1.29 is 9.84 Å². The number of hydrogen-bond acceptors (Lipinski definition) is 2. The Morgan fingerprint density at radius 3 is 2.89 bits per heavy atom. The van der Waals surface area contributed by atoms with E-state index in [1.54, 1.807) is 12.2 Å². The van der Waals surface area contributed by atoms with Crippen LogP contribution in [-0.2, 0) is 4.74 Å². The predicted molar refractivity (Wildman–Crippen MR) is 37.0 cm³/mol. The van der Waals surface area contributed by atoms with E-state index in [2.05, 4.69) is 6.58 Å². The van der Waals surface area contributed by atoms with Crippen molar-refractivity contribution in [2.75, 3.05) is 13.2 Å². The van der Waals surface area contributed by atoms with Gasteiger partial charge in [0.25, 0.3) is 0 Å². The zero-order valence-electron chi connectivity index (χ0n) is 5.63. The van der Waals surface area contributed by atoms with Crippen LogP contribution in [0.3, 0.4) is 0 Å². The molecule has 0 rings (SSSR count). The van der Waals surface area contributed by atoms with Gasteiger partial charge < -0.3 is 9.84 Å². The van der Waals surface area contributed by atoms with E-state index in [0.29, 0.717) is 6.61 Å². The van der Waals surface area contributed by atoms with Crippen LogP contribution in [-0.4, -0.2) is 18.3 Å². The maximum Gasteiger partial charge on any atom is 0.111 e. The molecule has 0 aromatic carbocycles. The SMILES string of the molecule is C=C/C=C(\C)OCCO. The average Bonchev–Trinajstić information content (AvgIpc) is 1.85. The van der Waals surface area contributed by atoms with E-state index in [1.165, 1.54) is 0 Å². The van der Waals surface area contributed by atoms with E-state index >= 15 is 0 Å². The first kappa shape index (κ1) is 8.24. The topological polar surface area (TPSA) is 29.5 Å². The van der Waals surface area contributed by atoms with Crippen LogP contribution in [0, 0.1) is 0 Å². The fraction of sp³-hybridized carbons (Fsp3) is 0.429. The summed E-state index contributed by atoms with van der Waals surface area (Å²) in [6.45, 7) is 5.72. The molecule has 1 N–H and O–H groups in total. The van der Waals surface area contributed by atoms with E-state index < -0.39 is 0 Å². The van der Waals surface area contributed by atoms with E-state index in [0.717, 1.165) is 5.76 Å². The Bertz CT molecular complexity index is 105. The van der Waals surface area contributed by atoms with Crippen molar-refractivity contribution in [3.05, 3.63) is 24.5 Å². The number of allylic oxidation sites excluding steroid dienone is 3. The Hall–Kier alpha value is -0.760. The molecule has 0 heterocycles. The average molecular weight is 128 g/mol. The van der Waals surface area contributed by atoms with Gasteiger partial charge in [-0.25, -0.2) is 0 Å². The number of hydrogen-bond donors (Lipinski definition) is 1. The molecule has 52 valence electrons. The van der Waals surface area contributed by atoms with Gasteiger partial charge in [-0.05, 0) is 13.0 Å². The summed E-state index contributed by atoms with van der Waals surface area (Å²) in [4.78, 5) is 0. The van der Waals surface area contributed by atoms with E-state index in [-0.39, 0.29) is 6.61 Å². The van der Waals surface area contributed by atoms with E-state index in [4.69, 9.17) is 9.84 Å². The summed E-state index contributed by atoms with van der Waals surface area (Å²) < 4.78 is 4.97. The lowest BCUT2D eigenvalue weighted by Crippen LogP contribution is -1.96. The van der Waals surface area contributed by atoms with Crippen LogP contribution in [0.1, 0.15) is 6.92 Å². The molecule has 0 unspecified atom stereocenters. The van der Waals surface area contributed by atoms with Gasteiger partial charge in [0.15, 0.2) is 0 Å². The minimum absolute atomic E-state index is 0.0579. The lowest BCUT2D eigenvalue weighted by molar-refractivity contribution is 0.146. The normalized spacial score (nSPS) is 11.1. The molecular formula is C7H12O2. The summed E-state index contributed by atoms with van der Waals surface area (Å²) in [5, 5.41) is 8.31. The number of aliphatic hydroxyl groups excluding tert-OH is 1. The van der Waals surface area contributed by atoms with Crippen LogP contribution in [0.4, 0.5) is 0 Å². The minimum Gasteiger partial charge on any atom is -0.496 e. The van der Waals surface area contributed by atoms with Gasteiger partial charge in [-0.2, -0.15) is 0 Å². The second-order valence-electron chi connectivity index (χ2n) is 1.59. The molecule has 0 atom stereocenters. The summed E-state index contributed by atoms with van der Waals surface area (Å²) >= 11 is 0. The van der Waals surface area contributed by atoms with E-state index in [9.17, 15) is 0 Å². The Morgan fingerprint density at radius 2 is 2.44 bits per heavy atom. The molecule has 9 heavy (non-hydrogen) atoms. The monoisotopic (exact) mass is 128 g/mol. The lowest BCUT2D eigenvalue weighted by Gasteiger charge is -2.00. The molecule has 0 fully saturated rings. The first-order valence-corrected chi connectivity index (χ1v) is 2.84. The first-order valence-electron chi connectivity index (χ1n) is 2.84. The van der Waals surface area contributed by atoms with Gasteiger partial charge in [0.05, 0.1) is 12.4 Å². The molecular weight excluding hydrogens is 116 g/mol. The van der Waals surface area contributed by atoms with Crippen LogP contribution >= 0.6 is 0 Å². The Balaban J connectivity index is 3.36. The zero-order chi connectivity index (χ0) is 7.11. The highest BCUT2D eigenvalue weighted by Crippen LogP contribution is 1.93. The van der Waals surface area contributed by atoms with Crippen molar-refractivity contribution in [1.29, 1.82) is 0 Å². The summed E-state index contributed by atoms with van der Waals surface area (Å²) in [6.07, 6.45) is 3.39. The molecule has 0 aliphatic carbocycles. The Kier molecular flexibility index (Phi) is 4.92. The molecule has 0 radical (unpaired) electrons. The van der Waals surface area contributed by atoms with Crippen LogP contribution in [0.5, 0.6) is 0 Å². The van der Waals surface area contributed by atoms with Gasteiger partial charge in [0.2, 0.25) is 0 Å². The van der Waals surface area contributed by atoms with Crippen molar-refractivity contribution >= 4 is 0 Å². The van der Waals surface area contributed by atoms with Crippen molar-refractivity contribution in [2.24, 2.45) is 0 Å². The Morgan fingerprint density at radius 1 is 1.78 bits per heavy atom.